The number of nitrogens with zero attached hydrogens (tertiary/aromatic N) is 4. The minimum atomic E-state index is -4.83. The smallest absolute Gasteiger partial charge is 0.472 e. The largest absolute Gasteiger partial charge is 0.478 e. The highest BCUT2D eigenvalue weighted by Gasteiger charge is 2.56. The standard InChI is InChI=1S/C42H65FN5O11P/c1-3-4-5-6-7-8-9-10-11-12-13-14-15-16-17-18-21-55-26-34(56-25-31-22-32(41(51)52)24-33(43)23-31)27-57-60(53,54)58-28-36-38(49)39(50)42(59-36,29-45-2)37-20-19-35-40(44)46-30-47-48(35)37/h19-20,22-24,29-30,34,36,38-39,49-50H,3-18,21,25-28H2,1-2H3,(H,51,52)(H,53,54)(H2,44,46,47)/t34-,36-,38-,39-,42+/m1/s1. The third-order valence-corrected chi connectivity index (χ3v) is 11.6. The number of fused-ring (bicyclic) bond motifs is 1. The van der Waals surface area contributed by atoms with Gasteiger partial charge in [0.05, 0.1) is 37.7 Å². The molecule has 0 bridgehead atoms. The molecule has 0 spiro atoms. The number of unbranched alkanes of at least 4 members (excludes halogenated alkanes) is 15. The molecule has 60 heavy (non-hydrogen) atoms. The Morgan fingerprint density at radius 2 is 1.62 bits per heavy atom. The molecule has 0 amide bonds. The third kappa shape index (κ3) is 15.2. The summed E-state index contributed by atoms with van der Waals surface area (Å²) < 4.78 is 57.0. The normalized spacial score (nSPS) is 20.9. The number of aromatic nitrogens is 3. The minimum absolute atomic E-state index is 0.0469. The average molecular weight is 866 g/mol. The van der Waals surface area contributed by atoms with Gasteiger partial charge in [-0.2, -0.15) is 5.10 Å². The summed E-state index contributed by atoms with van der Waals surface area (Å²) in [6.07, 6.45) is 16.9. The Morgan fingerprint density at radius 1 is 0.983 bits per heavy atom. The van der Waals surface area contributed by atoms with Crippen molar-refractivity contribution in [3.63, 3.8) is 0 Å². The summed E-state index contributed by atoms with van der Waals surface area (Å²) in [6.45, 7) is 1.21. The fourth-order valence-electron chi connectivity index (χ4n) is 7.37. The highest BCUT2D eigenvalue weighted by Crippen LogP contribution is 2.46. The molecule has 1 aliphatic heterocycles. The van der Waals surface area contributed by atoms with E-state index in [2.05, 4.69) is 22.0 Å². The van der Waals surface area contributed by atoms with E-state index in [0.29, 0.717) is 12.1 Å². The number of hydrogen-bond acceptors (Lipinski definition) is 13. The summed E-state index contributed by atoms with van der Waals surface area (Å²) in [5, 5.41) is 35.8. The molecule has 3 heterocycles. The SMILES string of the molecule is CCCCCCCCCCCCCCCCCCOC[C@H](COP(=O)(O)OC[C@H]1O[C@@](C=NC)(c2ccc3c(N)ncnn23)[C@H](O)[C@@H]1O)OCc1cc(F)cc(C(=O)O)c1. The Balaban J connectivity index is 1.23. The Kier molecular flexibility index (Phi) is 21.0. The van der Waals surface area contributed by atoms with Crippen LogP contribution in [-0.2, 0) is 40.0 Å². The second-order valence-electron chi connectivity index (χ2n) is 15.5. The van der Waals surface area contributed by atoms with Crippen LogP contribution >= 0.6 is 7.82 Å². The second-order valence-corrected chi connectivity index (χ2v) is 16.9. The van der Waals surface area contributed by atoms with Crippen LogP contribution in [0.15, 0.2) is 41.7 Å². The number of aliphatic hydroxyl groups is 2. The van der Waals surface area contributed by atoms with Gasteiger partial charge in [0.25, 0.3) is 0 Å². The van der Waals surface area contributed by atoms with E-state index in [1.807, 2.05) is 0 Å². The number of halogens is 1. The van der Waals surface area contributed by atoms with Crippen molar-refractivity contribution in [3.8, 4) is 0 Å². The molecule has 2 aromatic heterocycles. The lowest BCUT2D eigenvalue weighted by atomic mass is 9.92. The van der Waals surface area contributed by atoms with Crippen molar-refractivity contribution < 1.29 is 57.2 Å². The lowest BCUT2D eigenvalue weighted by Crippen LogP contribution is -2.43. The molecule has 16 nitrogen and oxygen atoms in total. The minimum Gasteiger partial charge on any atom is -0.478 e. The summed E-state index contributed by atoms with van der Waals surface area (Å²) in [4.78, 5) is 30.1. The topological polar surface area (TPSA) is 230 Å². The summed E-state index contributed by atoms with van der Waals surface area (Å²) in [7, 11) is -3.38. The van der Waals surface area contributed by atoms with E-state index in [-0.39, 0.29) is 35.9 Å². The van der Waals surface area contributed by atoms with Gasteiger partial charge in [-0.05, 0) is 42.3 Å². The van der Waals surface area contributed by atoms with Crippen molar-refractivity contribution in [2.24, 2.45) is 4.99 Å². The van der Waals surface area contributed by atoms with Crippen LogP contribution in [0.5, 0.6) is 0 Å². The first kappa shape index (κ1) is 49.3. The zero-order valence-corrected chi connectivity index (χ0v) is 35.9. The molecule has 0 aliphatic carbocycles. The van der Waals surface area contributed by atoms with E-state index in [0.717, 1.165) is 37.8 Å². The predicted molar refractivity (Wildman–Crippen MR) is 224 cm³/mol. The van der Waals surface area contributed by atoms with E-state index in [1.54, 1.807) is 12.1 Å². The number of hydrogen-bond donors (Lipinski definition) is 5. The van der Waals surface area contributed by atoms with Crippen molar-refractivity contribution in [1.82, 2.24) is 14.6 Å². The third-order valence-electron chi connectivity index (χ3n) is 10.7. The van der Waals surface area contributed by atoms with Crippen LogP contribution in [0.2, 0.25) is 0 Å². The van der Waals surface area contributed by atoms with Gasteiger partial charge in [-0.3, -0.25) is 14.0 Å². The molecule has 3 aromatic rings. The number of aliphatic hydroxyl groups excluding tert-OH is 2. The maximum atomic E-state index is 14.2. The highest BCUT2D eigenvalue weighted by molar-refractivity contribution is 7.47. The number of ether oxygens (including phenoxy) is 3. The van der Waals surface area contributed by atoms with Gasteiger partial charge in [-0.1, -0.05) is 103 Å². The Labute approximate surface area is 352 Å². The zero-order chi connectivity index (χ0) is 43.4. The van der Waals surface area contributed by atoms with Gasteiger partial charge in [0.15, 0.2) is 11.4 Å². The number of carboxylic acids is 1. The van der Waals surface area contributed by atoms with Crippen molar-refractivity contribution in [1.29, 1.82) is 0 Å². The molecular formula is C42H65FN5O11P. The predicted octanol–water partition coefficient (Wildman–Crippen LogP) is 7.16. The molecule has 6 N–H and O–H groups in total. The first-order valence-electron chi connectivity index (χ1n) is 21.3. The van der Waals surface area contributed by atoms with Crippen LogP contribution in [0.25, 0.3) is 5.52 Å². The number of rotatable bonds is 31. The van der Waals surface area contributed by atoms with Crippen LogP contribution in [0, 0.1) is 5.82 Å². The number of anilines is 1. The molecule has 18 heteroatoms. The van der Waals surface area contributed by atoms with Crippen LogP contribution in [0.4, 0.5) is 10.2 Å². The molecule has 1 fully saturated rings. The summed E-state index contributed by atoms with van der Waals surface area (Å²) in [6, 6.07) is 6.48. The van der Waals surface area contributed by atoms with Gasteiger partial charge in [0.1, 0.15) is 42.1 Å². The maximum absolute atomic E-state index is 14.2. The molecule has 1 aliphatic rings. The summed E-state index contributed by atoms with van der Waals surface area (Å²) in [5.41, 5.74) is 4.89. The number of aliphatic imine (C=N–C) groups is 1. The second kappa shape index (κ2) is 25.5. The van der Waals surface area contributed by atoms with Crippen LogP contribution < -0.4 is 5.73 Å². The fourth-order valence-corrected chi connectivity index (χ4v) is 8.13. The highest BCUT2D eigenvalue weighted by atomic mass is 31.2. The van der Waals surface area contributed by atoms with Crippen molar-refractivity contribution in [3.05, 3.63) is 59.3 Å². The van der Waals surface area contributed by atoms with Gasteiger partial charge in [0.2, 0.25) is 0 Å². The lowest BCUT2D eigenvalue weighted by Gasteiger charge is -2.27. The van der Waals surface area contributed by atoms with Gasteiger partial charge in [-0.15, -0.1) is 0 Å². The zero-order valence-electron chi connectivity index (χ0n) is 35.0. The van der Waals surface area contributed by atoms with Crippen LogP contribution in [0.3, 0.4) is 0 Å². The number of nitrogens with two attached hydrogens (primary N) is 1. The molecule has 0 saturated carbocycles. The van der Waals surface area contributed by atoms with E-state index in [1.165, 1.54) is 107 Å². The Hall–Kier alpha value is -3.38. The fraction of sp³-hybridized carbons (Fsp3) is 0.667. The number of carboxylic acid groups (broad SMARTS) is 1. The van der Waals surface area contributed by atoms with Gasteiger partial charge < -0.3 is 40.2 Å². The molecule has 4 rings (SSSR count). The molecule has 6 atom stereocenters. The lowest BCUT2D eigenvalue weighted by molar-refractivity contribution is -0.0626. The molecule has 1 aromatic carbocycles. The van der Waals surface area contributed by atoms with Gasteiger partial charge >= 0.3 is 13.8 Å². The van der Waals surface area contributed by atoms with E-state index in [4.69, 9.17) is 29.0 Å². The van der Waals surface area contributed by atoms with Crippen LogP contribution in [0.1, 0.15) is 131 Å². The van der Waals surface area contributed by atoms with E-state index in [9.17, 15) is 34.0 Å². The molecular weight excluding hydrogens is 800 g/mol. The first-order valence-corrected chi connectivity index (χ1v) is 22.8. The van der Waals surface area contributed by atoms with Crippen LogP contribution in [-0.4, -0.2) is 105 Å². The summed E-state index contributed by atoms with van der Waals surface area (Å²) in [5.74, 6) is -1.90. The number of phosphoric acid groups is 1. The van der Waals surface area contributed by atoms with Gasteiger partial charge in [0, 0.05) is 19.9 Å². The van der Waals surface area contributed by atoms with E-state index < -0.39 is 62.8 Å². The Morgan fingerprint density at radius 3 is 2.23 bits per heavy atom. The molecule has 1 unspecified atom stereocenters. The first-order chi connectivity index (χ1) is 28.9. The molecule has 1 saturated heterocycles. The number of carbonyl (C=O) groups is 1. The number of nitrogen functional groups attached to an aromatic ring is 1. The van der Waals surface area contributed by atoms with Gasteiger partial charge in [-0.25, -0.2) is 23.2 Å². The van der Waals surface area contributed by atoms with Crippen molar-refractivity contribution >= 4 is 31.3 Å². The number of phosphoric ester groups is 1. The molecule has 336 valence electrons. The maximum Gasteiger partial charge on any atom is 0.472 e. The quantitative estimate of drug-likeness (QED) is 0.0246. The number of benzene rings is 1. The number of aromatic carboxylic acids is 1. The summed E-state index contributed by atoms with van der Waals surface area (Å²) >= 11 is 0. The monoisotopic (exact) mass is 865 g/mol. The van der Waals surface area contributed by atoms with E-state index >= 15 is 0 Å². The van der Waals surface area contributed by atoms with Crippen molar-refractivity contribution in [2.45, 2.75) is 146 Å². The average Bonchev–Trinajstić information content (AvgIpc) is 3.77. The van der Waals surface area contributed by atoms with Crippen molar-refractivity contribution in [2.75, 3.05) is 39.2 Å². The Bertz CT molecular complexity index is 1820. The molecule has 0 radical (unpaired) electrons.